The van der Waals surface area contributed by atoms with Gasteiger partial charge in [0.1, 0.15) is 0 Å². The Bertz CT molecular complexity index is 818. The molecule has 0 aliphatic carbocycles. The van der Waals surface area contributed by atoms with Gasteiger partial charge in [0.15, 0.2) is 0 Å². The number of thioether (sulfide) groups is 1. The molecule has 2 heteroatoms. The first-order valence-electron chi connectivity index (χ1n) is 6.66. The zero-order chi connectivity index (χ0) is 13.4. The Hall–Kier alpha value is -1.64. The number of benzene rings is 2. The van der Waals surface area contributed by atoms with Gasteiger partial charge in [0, 0.05) is 34.4 Å². The van der Waals surface area contributed by atoms with Gasteiger partial charge in [-0.2, -0.15) is 0 Å². The van der Waals surface area contributed by atoms with E-state index in [-0.39, 0.29) is 0 Å². The number of hydrogen-bond acceptors (Lipinski definition) is 1. The molecular formula is C18H13S2+. The van der Waals surface area contributed by atoms with Crippen LogP contribution in [0.5, 0.6) is 0 Å². The van der Waals surface area contributed by atoms with Gasteiger partial charge in [-0.05, 0) is 29.2 Å². The van der Waals surface area contributed by atoms with E-state index in [1.165, 1.54) is 31.0 Å². The van der Waals surface area contributed by atoms with Crippen molar-refractivity contribution in [2.24, 2.45) is 0 Å². The van der Waals surface area contributed by atoms with Gasteiger partial charge in [-0.1, -0.05) is 42.1 Å². The third-order valence-electron chi connectivity index (χ3n) is 3.55. The molecular weight excluding hydrogens is 280 g/mol. The first-order chi connectivity index (χ1) is 9.90. The monoisotopic (exact) mass is 293 g/mol. The van der Waals surface area contributed by atoms with E-state index in [1.54, 1.807) is 0 Å². The molecule has 0 N–H and O–H groups in total. The Morgan fingerprint density at radius 3 is 2.70 bits per heavy atom. The third kappa shape index (κ3) is 2.15. The molecule has 3 aromatic rings. The zero-order valence-corrected chi connectivity index (χ0v) is 12.5. The molecule has 20 heavy (non-hydrogen) atoms. The van der Waals surface area contributed by atoms with Crippen molar-refractivity contribution >= 4 is 38.8 Å². The molecule has 0 bridgehead atoms. The van der Waals surface area contributed by atoms with Gasteiger partial charge in [0.2, 0.25) is 20.9 Å². The lowest BCUT2D eigenvalue weighted by Crippen LogP contribution is -1.95. The first kappa shape index (κ1) is 12.1. The molecule has 0 amide bonds. The van der Waals surface area contributed by atoms with Crippen LogP contribution in [0.25, 0.3) is 15.7 Å². The summed E-state index contributed by atoms with van der Waals surface area (Å²) in [5.74, 6) is 0. The summed E-state index contributed by atoms with van der Waals surface area (Å²) in [6, 6.07) is 21.8. The van der Waals surface area contributed by atoms with E-state index in [9.17, 15) is 0 Å². The molecule has 0 nitrogen and oxygen atoms in total. The number of hydrogen-bond donors (Lipinski definition) is 0. The highest BCUT2D eigenvalue weighted by molar-refractivity contribution is 8.02. The van der Waals surface area contributed by atoms with Crippen LogP contribution in [0.1, 0.15) is 10.4 Å². The van der Waals surface area contributed by atoms with E-state index in [1.807, 2.05) is 23.1 Å². The predicted molar refractivity (Wildman–Crippen MR) is 90.2 cm³/mol. The van der Waals surface area contributed by atoms with Crippen molar-refractivity contribution in [2.45, 2.75) is 11.3 Å². The Morgan fingerprint density at radius 1 is 0.850 bits per heavy atom. The molecule has 1 aliphatic rings. The second-order valence-electron chi connectivity index (χ2n) is 4.88. The summed E-state index contributed by atoms with van der Waals surface area (Å²) in [5.41, 5.74) is 2.87. The Balaban J connectivity index is 1.75. The highest BCUT2D eigenvalue weighted by Gasteiger charge is 2.19. The quantitative estimate of drug-likeness (QED) is 0.505. The minimum absolute atomic E-state index is 1.04. The van der Waals surface area contributed by atoms with Crippen molar-refractivity contribution in [3.05, 3.63) is 76.5 Å². The lowest BCUT2D eigenvalue weighted by molar-refractivity contribution is 1.19. The summed E-state index contributed by atoms with van der Waals surface area (Å²) in [5, 5.41) is 3.63. The molecule has 4 rings (SSSR count). The predicted octanol–water partition coefficient (Wildman–Crippen LogP) is 5.87. The fourth-order valence-corrected chi connectivity index (χ4v) is 4.53. The highest BCUT2D eigenvalue weighted by Crippen LogP contribution is 2.38. The molecule has 0 saturated carbocycles. The van der Waals surface area contributed by atoms with Crippen molar-refractivity contribution < 1.29 is 0 Å². The van der Waals surface area contributed by atoms with Crippen molar-refractivity contribution in [3.8, 4) is 0 Å². The highest BCUT2D eigenvalue weighted by atomic mass is 32.2. The fourth-order valence-electron chi connectivity index (χ4n) is 2.49. The summed E-state index contributed by atoms with van der Waals surface area (Å²) in [4.78, 5) is 2.77. The topological polar surface area (TPSA) is 0 Å². The van der Waals surface area contributed by atoms with Crippen LogP contribution in [-0.2, 0) is 6.42 Å². The molecule has 0 saturated heterocycles. The summed E-state index contributed by atoms with van der Waals surface area (Å²) in [6.07, 6.45) is 1.04. The molecule has 1 aromatic heterocycles. The smallest absolute Gasteiger partial charge is 0.0973 e. The van der Waals surface area contributed by atoms with Crippen LogP contribution in [0.15, 0.2) is 71.0 Å². The molecule has 0 atom stereocenters. The largest absolute Gasteiger partial charge is 0.238 e. The number of rotatable bonds is 1. The molecule has 2 heterocycles. The van der Waals surface area contributed by atoms with Crippen molar-refractivity contribution in [2.75, 3.05) is 0 Å². The fraction of sp³-hybridized carbons (Fsp3) is 0.0556. The van der Waals surface area contributed by atoms with Crippen LogP contribution < -0.4 is 0 Å². The summed E-state index contributed by atoms with van der Waals surface area (Å²) in [6.45, 7) is 0. The summed E-state index contributed by atoms with van der Waals surface area (Å²) >= 11 is 3.73. The van der Waals surface area contributed by atoms with E-state index in [0.29, 0.717) is 0 Å². The lowest BCUT2D eigenvalue weighted by atomic mass is 10.0. The second kappa shape index (κ2) is 5.04. The van der Waals surface area contributed by atoms with Crippen LogP contribution in [-0.4, -0.2) is 0 Å². The lowest BCUT2D eigenvalue weighted by Gasteiger charge is -2.13. The van der Waals surface area contributed by atoms with Crippen LogP contribution in [0.3, 0.4) is 0 Å². The average Bonchev–Trinajstić information content (AvgIpc) is 2.54. The van der Waals surface area contributed by atoms with E-state index >= 15 is 0 Å². The van der Waals surface area contributed by atoms with Crippen LogP contribution in [0.2, 0.25) is 0 Å². The maximum atomic E-state index is 2.31. The van der Waals surface area contributed by atoms with Gasteiger partial charge < -0.3 is 0 Å². The Kier molecular flexibility index (Phi) is 3.06. The number of fused-ring (bicyclic) bond motifs is 2. The van der Waals surface area contributed by atoms with Crippen LogP contribution in [0, 0.1) is 0 Å². The van der Waals surface area contributed by atoms with Gasteiger partial charge in [0.05, 0.1) is 0 Å². The summed E-state index contributed by atoms with van der Waals surface area (Å²) < 4.78 is 1.36. The molecule has 2 aromatic carbocycles. The summed E-state index contributed by atoms with van der Waals surface area (Å²) in [7, 11) is 0. The minimum atomic E-state index is 1.04. The molecule has 0 radical (unpaired) electrons. The molecule has 96 valence electrons. The van der Waals surface area contributed by atoms with E-state index < -0.39 is 0 Å². The first-order valence-corrected chi connectivity index (χ1v) is 8.36. The third-order valence-corrected chi connectivity index (χ3v) is 5.82. The van der Waals surface area contributed by atoms with Gasteiger partial charge in [-0.3, -0.25) is 0 Å². The van der Waals surface area contributed by atoms with E-state index in [4.69, 9.17) is 0 Å². The van der Waals surface area contributed by atoms with E-state index in [2.05, 4.69) is 66.1 Å². The van der Waals surface area contributed by atoms with Crippen molar-refractivity contribution in [1.29, 1.82) is 0 Å². The maximum absolute atomic E-state index is 2.31. The SMILES string of the molecule is C1=C(c2ccc3ccccc3[s+]2)Cc2ccccc2S1. The normalized spacial score (nSPS) is 13.9. The molecule has 0 spiro atoms. The zero-order valence-electron chi connectivity index (χ0n) is 10.9. The Labute approximate surface area is 126 Å². The van der Waals surface area contributed by atoms with Gasteiger partial charge >= 0.3 is 0 Å². The van der Waals surface area contributed by atoms with Gasteiger partial charge in [-0.25, -0.2) is 0 Å². The number of allylic oxidation sites excluding steroid dienone is 1. The van der Waals surface area contributed by atoms with E-state index in [0.717, 1.165) is 6.42 Å². The Morgan fingerprint density at radius 2 is 1.70 bits per heavy atom. The van der Waals surface area contributed by atoms with Crippen molar-refractivity contribution in [1.82, 2.24) is 0 Å². The maximum Gasteiger partial charge on any atom is 0.238 e. The van der Waals surface area contributed by atoms with Gasteiger partial charge in [-0.15, -0.1) is 0 Å². The van der Waals surface area contributed by atoms with Crippen LogP contribution in [0.4, 0.5) is 0 Å². The average molecular weight is 293 g/mol. The van der Waals surface area contributed by atoms with Crippen LogP contribution >= 0.6 is 23.1 Å². The molecule has 0 fully saturated rings. The second-order valence-corrected chi connectivity index (χ2v) is 6.88. The minimum Gasteiger partial charge on any atom is -0.0973 e. The van der Waals surface area contributed by atoms with Gasteiger partial charge in [0.25, 0.3) is 0 Å². The molecule has 0 unspecified atom stereocenters. The molecule has 1 aliphatic heterocycles. The standard InChI is InChI=1S/C18H13S2/c1-4-8-17-13(5-1)9-10-18(20-17)15-11-14-6-2-3-7-16(14)19-12-15/h1-10,12H,11H2/q+1. The van der Waals surface area contributed by atoms with Crippen molar-refractivity contribution in [3.63, 3.8) is 0 Å².